The monoisotopic (exact) mass is 206 g/mol. The first kappa shape index (κ1) is 9.51. The molecule has 0 saturated carbocycles. The number of hydrogen-bond acceptors (Lipinski definition) is 4. The Morgan fingerprint density at radius 3 is 3.07 bits per heavy atom. The zero-order valence-electron chi connectivity index (χ0n) is 8.19. The molecule has 2 aromatic heterocycles. The van der Waals surface area contributed by atoms with Crippen LogP contribution < -0.4 is 10.3 Å². The van der Waals surface area contributed by atoms with Gasteiger partial charge < -0.3 is 14.2 Å². The minimum Gasteiger partial charge on any atom is -0.487 e. The van der Waals surface area contributed by atoms with Crippen molar-refractivity contribution < 1.29 is 9.26 Å². The Morgan fingerprint density at radius 1 is 1.53 bits per heavy atom. The second-order valence-electron chi connectivity index (χ2n) is 3.11. The molecule has 0 amide bonds. The van der Waals surface area contributed by atoms with Gasteiger partial charge in [0.2, 0.25) is 0 Å². The summed E-state index contributed by atoms with van der Waals surface area (Å²) in [6, 6.07) is 4.84. The summed E-state index contributed by atoms with van der Waals surface area (Å²) >= 11 is 0. The fraction of sp³-hybridized carbons (Fsp3) is 0.200. The SMILES string of the molecule is Cc1cc(COc2cc[nH]c(=O)c2)no1. The summed E-state index contributed by atoms with van der Waals surface area (Å²) in [7, 11) is 0. The van der Waals surface area contributed by atoms with Gasteiger partial charge in [0.05, 0.1) is 0 Å². The first-order valence-corrected chi connectivity index (χ1v) is 4.48. The molecule has 2 heterocycles. The number of hydrogen-bond donors (Lipinski definition) is 1. The van der Waals surface area contributed by atoms with Crippen LogP contribution in [0.25, 0.3) is 0 Å². The molecule has 0 aliphatic rings. The summed E-state index contributed by atoms with van der Waals surface area (Å²) in [6.45, 7) is 2.10. The van der Waals surface area contributed by atoms with Crippen LogP contribution in [0.1, 0.15) is 11.5 Å². The minimum absolute atomic E-state index is 0.191. The van der Waals surface area contributed by atoms with Crippen LogP contribution >= 0.6 is 0 Å². The number of nitrogens with one attached hydrogen (secondary N) is 1. The average molecular weight is 206 g/mol. The molecule has 0 atom stereocenters. The van der Waals surface area contributed by atoms with Crippen LogP contribution in [-0.4, -0.2) is 10.1 Å². The Morgan fingerprint density at radius 2 is 2.40 bits per heavy atom. The highest BCUT2D eigenvalue weighted by Crippen LogP contribution is 2.08. The van der Waals surface area contributed by atoms with Crippen molar-refractivity contribution in [2.24, 2.45) is 0 Å². The number of aromatic nitrogens is 2. The topological polar surface area (TPSA) is 68.1 Å². The number of aryl methyl sites for hydroxylation is 1. The summed E-state index contributed by atoms with van der Waals surface area (Å²) in [5, 5.41) is 3.77. The Labute approximate surface area is 85.7 Å². The van der Waals surface area contributed by atoms with E-state index in [0.29, 0.717) is 18.1 Å². The smallest absolute Gasteiger partial charge is 0.251 e. The molecule has 78 valence electrons. The molecule has 0 radical (unpaired) electrons. The highest BCUT2D eigenvalue weighted by atomic mass is 16.5. The van der Waals surface area contributed by atoms with Gasteiger partial charge in [0.15, 0.2) is 0 Å². The molecule has 2 rings (SSSR count). The van der Waals surface area contributed by atoms with Crippen molar-refractivity contribution in [1.29, 1.82) is 0 Å². The molecule has 5 heteroatoms. The number of nitrogens with zero attached hydrogens (tertiary/aromatic N) is 1. The van der Waals surface area contributed by atoms with Gasteiger partial charge in [0, 0.05) is 18.3 Å². The molecule has 5 nitrogen and oxygen atoms in total. The first-order valence-electron chi connectivity index (χ1n) is 4.48. The molecule has 0 bridgehead atoms. The van der Waals surface area contributed by atoms with Crippen LogP contribution in [-0.2, 0) is 6.61 Å². The standard InChI is InChI=1S/C10H10N2O3/c1-7-4-8(12-15-7)6-14-9-2-3-11-10(13)5-9/h2-5H,6H2,1H3,(H,11,13). The van der Waals surface area contributed by atoms with E-state index in [1.54, 1.807) is 12.1 Å². The zero-order chi connectivity index (χ0) is 10.7. The molecule has 0 aliphatic carbocycles. The summed E-state index contributed by atoms with van der Waals surface area (Å²) in [6.07, 6.45) is 1.53. The molecular formula is C10H10N2O3. The van der Waals surface area contributed by atoms with Gasteiger partial charge in [-0.05, 0) is 13.0 Å². The molecule has 1 N–H and O–H groups in total. The first-order chi connectivity index (χ1) is 7.24. The lowest BCUT2D eigenvalue weighted by atomic mass is 10.4. The zero-order valence-corrected chi connectivity index (χ0v) is 8.19. The van der Waals surface area contributed by atoms with Gasteiger partial charge in [-0.2, -0.15) is 0 Å². The van der Waals surface area contributed by atoms with Crippen molar-refractivity contribution in [1.82, 2.24) is 10.1 Å². The number of ether oxygens (including phenoxy) is 1. The lowest BCUT2D eigenvalue weighted by Gasteiger charge is -2.01. The quantitative estimate of drug-likeness (QED) is 0.820. The molecule has 0 saturated heterocycles. The maximum atomic E-state index is 10.9. The van der Waals surface area contributed by atoms with Crippen LogP contribution in [0.2, 0.25) is 0 Å². The van der Waals surface area contributed by atoms with Crippen molar-refractivity contribution >= 4 is 0 Å². The van der Waals surface area contributed by atoms with E-state index in [0.717, 1.165) is 5.76 Å². The third-order valence-corrected chi connectivity index (χ3v) is 1.81. The lowest BCUT2D eigenvalue weighted by molar-refractivity contribution is 0.287. The van der Waals surface area contributed by atoms with Crippen molar-refractivity contribution in [3.8, 4) is 5.75 Å². The second-order valence-corrected chi connectivity index (χ2v) is 3.11. The van der Waals surface area contributed by atoms with Gasteiger partial charge in [-0.15, -0.1) is 0 Å². The van der Waals surface area contributed by atoms with E-state index < -0.39 is 0 Å². The summed E-state index contributed by atoms with van der Waals surface area (Å²) in [5.41, 5.74) is 0.511. The van der Waals surface area contributed by atoms with Crippen molar-refractivity contribution in [2.45, 2.75) is 13.5 Å². The van der Waals surface area contributed by atoms with Gasteiger partial charge in [0.1, 0.15) is 23.8 Å². The van der Waals surface area contributed by atoms with Crippen LogP contribution in [0.4, 0.5) is 0 Å². The van der Waals surface area contributed by atoms with Crippen molar-refractivity contribution in [3.63, 3.8) is 0 Å². The van der Waals surface area contributed by atoms with Crippen LogP contribution in [0.5, 0.6) is 5.75 Å². The van der Waals surface area contributed by atoms with E-state index in [1.807, 2.05) is 6.92 Å². The Balaban J connectivity index is 2.02. The van der Waals surface area contributed by atoms with Crippen LogP contribution in [0.3, 0.4) is 0 Å². The average Bonchev–Trinajstić information content (AvgIpc) is 2.62. The molecule has 15 heavy (non-hydrogen) atoms. The van der Waals surface area contributed by atoms with Crippen LogP contribution in [0, 0.1) is 6.92 Å². The molecule has 0 aliphatic heterocycles. The van der Waals surface area contributed by atoms with Crippen molar-refractivity contribution in [2.75, 3.05) is 0 Å². The Kier molecular flexibility index (Phi) is 2.53. The van der Waals surface area contributed by atoms with Gasteiger partial charge >= 0.3 is 0 Å². The molecule has 0 fully saturated rings. The van der Waals surface area contributed by atoms with Gasteiger partial charge in [-0.3, -0.25) is 4.79 Å². The molecular weight excluding hydrogens is 196 g/mol. The summed E-state index contributed by atoms with van der Waals surface area (Å²) in [5.74, 6) is 1.25. The maximum absolute atomic E-state index is 10.9. The van der Waals surface area contributed by atoms with E-state index in [-0.39, 0.29) is 5.56 Å². The second kappa shape index (κ2) is 4.00. The molecule has 0 aromatic carbocycles. The molecule has 0 unspecified atom stereocenters. The van der Waals surface area contributed by atoms with Gasteiger partial charge in [0.25, 0.3) is 5.56 Å². The van der Waals surface area contributed by atoms with Crippen molar-refractivity contribution in [3.05, 3.63) is 46.2 Å². The van der Waals surface area contributed by atoms with E-state index >= 15 is 0 Å². The van der Waals surface area contributed by atoms with E-state index in [4.69, 9.17) is 9.26 Å². The normalized spacial score (nSPS) is 10.2. The van der Waals surface area contributed by atoms with Gasteiger partial charge in [-0.1, -0.05) is 5.16 Å². The van der Waals surface area contributed by atoms with Gasteiger partial charge in [-0.25, -0.2) is 0 Å². The molecule has 2 aromatic rings. The van der Waals surface area contributed by atoms with E-state index in [2.05, 4.69) is 10.1 Å². The number of H-pyrrole nitrogens is 1. The minimum atomic E-state index is -0.191. The predicted octanol–water partition coefficient (Wildman–Crippen LogP) is 1.25. The predicted molar refractivity (Wildman–Crippen MR) is 52.6 cm³/mol. The Hall–Kier alpha value is -2.04. The summed E-state index contributed by atoms with van der Waals surface area (Å²) < 4.78 is 10.2. The lowest BCUT2D eigenvalue weighted by Crippen LogP contribution is -2.04. The third-order valence-electron chi connectivity index (χ3n) is 1.81. The number of aromatic amines is 1. The number of pyridine rings is 1. The maximum Gasteiger partial charge on any atom is 0.251 e. The molecule has 0 spiro atoms. The third kappa shape index (κ3) is 2.46. The Bertz CT molecular complexity index is 501. The van der Waals surface area contributed by atoms with E-state index in [1.165, 1.54) is 12.3 Å². The number of rotatable bonds is 3. The fourth-order valence-electron chi connectivity index (χ4n) is 1.16. The fourth-order valence-corrected chi connectivity index (χ4v) is 1.16. The largest absolute Gasteiger partial charge is 0.487 e. The highest BCUT2D eigenvalue weighted by Gasteiger charge is 2.01. The summed E-state index contributed by atoms with van der Waals surface area (Å²) in [4.78, 5) is 13.4. The van der Waals surface area contributed by atoms with E-state index in [9.17, 15) is 4.79 Å². The van der Waals surface area contributed by atoms with Crippen LogP contribution in [0.15, 0.2) is 33.7 Å². The highest BCUT2D eigenvalue weighted by molar-refractivity contribution is 5.17.